The Morgan fingerprint density at radius 3 is 2.67 bits per heavy atom. The van der Waals surface area contributed by atoms with Crippen LogP contribution in [0.25, 0.3) is 0 Å². The van der Waals surface area contributed by atoms with Gasteiger partial charge in [0.2, 0.25) is 0 Å². The van der Waals surface area contributed by atoms with Gasteiger partial charge in [0, 0.05) is 7.05 Å². The third kappa shape index (κ3) is 1.19. The summed E-state index contributed by atoms with van der Waals surface area (Å²) in [4.78, 5) is 11.3. The summed E-state index contributed by atoms with van der Waals surface area (Å²) >= 11 is 4.76. The Morgan fingerprint density at radius 2 is 2.33 bits per heavy atom. The van der Waals surface area contributed by atoms with E-state index in [0.29, 0.717) is 0 Å². The molecule has 0 aliphatic heterocycles. The number of nitrogens with one attached hydrogen (secondary N) is 2. The van der Waals surface area contributed by atoms with E-state index in [1.54, 1.807) is 7.05 Å². The number of rotatable bonds is 1. The number of nitrogens with zero attached hydrogens (tertiary/aromatic N) is 1. The van der Waals surface area contributed by atoms with E-state index in [9.17, 15) is 4.79 Å². The third-order valence-corrected chi connectivity index (χ3v) is 1.79. The number of nitrogens with two attached hydrogens (primary N) is 2. The molecule has 6 nitrogen and oxygen atoms in total. The van der Waals surface area contributed by atoms with Crippen molar-refractivity contribution in [3.8, 4) is 0 Å². The van der Waals surface area contributed by atoms with Crippen molar-refractivity contribution in [3.05, 3.63) is 15.9 Å². The van der Waals surface area contributed by atoms with Crippen molar-refractivity contribution in [1.29, 1.82) is 0 Å². The van der Waals surface area contributed by atoms with Gasteiger partial charge in [-0.2, -0.15) is 0 Å². The second-order valence-electron chi connectivity index (χ2n) is 2.23. The number of aromatic amines is 1. The molecule has 0 amide bonds. The number of thiocarbonyl (C=S) groups is 1. The number of hydrazine groups is 1. The van der Waals surface area contributed by atoms with E-state index in [0.717, 1.165) is 0 Å². The highest BCUT2D eigenvalue weighted by Gasteiger charge is 2.13. The van der Waals surface area contributed by atoms with Crippen molar-refractivity contribution in [1.82, 2.24) is 15.2 Å². The highest BCUT2D eigenvalue weighted by molar-refractivity contribution is 7.80. The summed E-state index contributed by atoms with van der Waals surface area (Å²) in [6.07, 6.45) is 0. The maximum atomic E-state index is 11.1. The molecule has 1 aromatic heterocycles. The van der Waals surface area contributed by atoms with Gasteiger partial charge in [-0.05, 0) is 0 Å². The SMILES string of the molecule is Cn1[nH]c(=O)c(C(=S)NN)c1N. The van der Waals surface area contributed by atoms with Crippen LogP contribution in [0.5, 0.6) is 0 Å². The summed E-state index contributed by atoms with van der Waals surface area (Å²) in [7, 11) is 1.61. The number of anilines is 1. The van der Waals surface area contributed by atoms with Crippen LogP contribution in [0.2, 0.25) is 0 Å². The zero-order valence-electron chi connectivity index (χ0n) is 6.42. The van der Waals surface area contributed by atoms with Crippen molar-refractivity contribution < 1.29 is 0 Å². The molecule has 6 N–H and O–H groups in total. The summed E-state index contributed by atoms with van der Waals surface area (Å²) in [5.41, 5.74) is 7.58. The zero-order chi connectivity index (χ0) is 9.30. The lowest BCUT2D eigenvalue weighted by molar-refractivity contribution is 0.767. The molecule has 0 radical (unpaired) electrons. The van der Waals surface area contributed by atoms with E-state index >= 15 is 0 Å². The second-order valence-corrected chi connectivity index (χ2v) is 2.64. The summed E-state index contributed by atoms with van der Waals surface area (Å²) < 4.78 is 1.38. The minimum absolute atomic E-state index is 0.134. The monoisotopic (exact) mass is 187 g/mol. The van der Waals surface area contributed by atoms with Crippen LogP contribution in [0.15, 0.2) is 4.79 Å². The maximum Gasteiger partial charge on any atom is 0.276 e. The standard InChI is InChI=1S/C5H9N5OS/c1-10-3(6)2(4(11)9-10)5(12)8-7/h6-7H2,1H3,(H,8,12)(H,9,11). The van der Waals surface area contributed by atoms with Crippen LogP contribution in [0.1, 0.15) is 5.56 Å². The number of H-pyrrole nitrogens is 1. The zero-order valence-corrected chi connectivity index (χ0v) is 7.23. The minimum atomic E-state index is -0.349. The molecule has 0 aliphatic rings. The molecule has 12 heavy (non-hydrogen) atoms. The van der Waals surface area contributed by atoms with Crippen molar-refractivity contribution in [3.63, 3.8) is 0 Å². The largest absolute Gasteiger partial charge is 0.383 e. The number of aromatic nitrogens is 2. The molecular weight excluding hydrogens is 178 g/mol. The van der Waals surface area contributed by atoms with Gasteiger partial charge >= 0.3 is 0 Å². The van der Waals surface area contributed by atoms with Gasteiger partial charge in [0.25, 0.3) is 5.56 Å². The quantitative estimate of drug-likeness (QED) is 0.242. The molecule has 0 aliphatic carbocycles. The van der Waals surface area contributed by atoms with E-state index in [4.69, 9.17) is 23.8 Å². The van der Waals surface area contributed by atoms with Crippen LogP contribution in [0.4, 0.5) is 5.82 Å². The van der Waals surface area contributed by atoms with Crippen molar-refractivity contribution in [2.45, 2.75) is 0 Å². The maximum absolute atomic E-state index is 11.1. The van der Waals surface area contributed by atoms with Crippen LogP contribution in [-0.4, -0.2) is 14.8 Å². The second kappa shape index (κ2) is 2.95. The Hall–Kier alpha value is -1.34. The molecule has 0 atom stereocenters. The van der Waals surface area contributed by atoms with Gasteiger partial charge in [-0.25, -0.2) is 5.84 Å². The number of aryl methyl sites for hydroxylation is 1. The van der Waals surface area contributed by atoms with Crippen molar-refractivity contribution in [2.75, 3.05) is 5.73 Å². The molecule has 0 bridgehead atoms. The van der Waals surface area contributed by atoms with Gasteiger partial charge in [-0.1, -0.05) is 12.2 Å². The van der Waals surface area contributed by atoms with E-state index in [2.05, 4.69) is 10.5 Å². The Balaban J connectivity index is 3.32. The van der Waals surface area contributed by atoms with Crippen molar-refractivity contribution >= 4 is 23.0 Å². The van der Waals surface area contributed by atoms with Gasteiger partial charge in [-0.3, -0.25) is 14.6 Å². The Bertz CT molecular complexity index is 364. The number of hydrogen-bond donors (Lipinski definition) is 4. The minimum Gasteiger partial charge on any atom is -0.383 e. The topological polar surface area (TPSA) is 102 Å². The van der Waals surface area contributed by atoms with E-state index in [-0.39, 0.29) is 21.9 Å². The summed E-state index contributed by atoms with van der Waals surface area (Å²) in [5, 5.41) is 2.44. The molecule has 1 heterocycles. The third-order valence-electron chi connectivity index (χ3n) is 1.47. The molecule has 0 unspecified atom stereocenters. The predicted molar refractivity (Wildman–Crippen MR) is 49.5 cm³/mol. The van der Waals surface area contributed by atoms with Crippen LogP contribution >= 0.6 is 12.2 Å². The van der Waals surface area contributed by atoms with E-state index in [1.165, 1.54) is 4.68 Å². The Morgan fingerprint density at radius 1 is 1.75 bits per heavy atom. The summed E-state index contributed by atoms with van der Waals surface area (Å²) in [6, 6.07) is 0. The molecule has 0 fully saturated rings. The van der Waals surface area contributed by atoms with Gasteiger partial charge in [0.05, 0.1) is 0 Å². The Labute approximate surface area is 73.5 Å². The first-order chi connectivity index (χ1) is 5.57. The first-order valence-electron chi connectivity index (χ1n) is 3.13. The average Bonchev–Trinajstić information content (AvgIpc) is 2.26. The van der Waals surface area contributed by atoms with Gasteiger partial charge in [-0.15, -0.1) is 0 Å². The predicted octanol–water partition coefficient (Wildman–Crippen LogP) is -1.57. The fourth-order valence-corrected chi connectivity index (χ4v) is 1.04. The highest BCUT2D eigenvalue weighted by Crippen LogP contribution is 2.03. The van der Waals surface area contributed by atoms with Gasteiger partial charge in [0.1, 0.15) is 16.4 Å². The highest BCUT2D eigenvalue weighted by atomic mass is 32.1. The van der Waals surface area contributed by atoms with Crippen LogP contribution < -0.4 is 22.6 Å². The lowest BCUT2D eigenvalue weighted by atomic mass is 10.3. The molecular formula is C5H9N5OS. The van der Waals surface area contributed by atoms with Gasteiger partial charge < -0.3 is 11.2 Å². The van der Waals surface area contributed by atoms with E-state index in [1.807, 2.05) is 0 Å². The molecule has 1 aromatic rings. The molecule has 0 saturated heterocycles. The average molecular weight is 187 g/mol. The van der Waals surface area contributed by atoms with E-state index < -0.39 is 0 Å². The fraction of sp³-hybridized carbons (Fsp3) is 0.200. The number of nitrogen functional groups attached to an aromatic ring is 1. The lowest BCUT2D eigenvalue weighted by Crippen LogP contribution is -2.32. The smallest absolute Gasteiger partial charge is 0.276 e. The molecule has 1 rings (SSSR count). The van der Waals surface area contributed by atoms with Crippen LogP contribution in [0, 0.1) is 0 Å². The number of hydrogen-bond acceptors (Lipinski definition) is 4. The Kier molecular flexibility index (Phi) is 2.15. The van der Waals surface area contributed by atoms with Gasteiger partial charge in [0.15, 0.2) is 0 Å². The first-order valence-corrected chi connectivity index (χ1v) is 3.54. The summed E-state index contributed by atoms with van der Waals surface area (Å²) in [5.74, 6) is 5.31. The molecule has 0 saturated carbocycles. The van der Waals surface area contributed by atoms with Crippen molar-refractivity contribution in [2.24, 2.45) is 12.9 Å². The molecule has 0 aromatic carbocycles. The summed E-state index contributed by atoms with van der Waals surface area (Å²) in [6.45, 7) is 0. The lowest BCUT2D eigenvalue weighted by Gasteiger charge is -1.99. The van der Waals surface area contributed by atoms with Crippen LogP contribution in [0.3, 0.4) is 0 Å². The fourth-order valence-electron chi connectivity index (χ4n) is 0.844. The normalized spacial score (nSPS) is 9.83. The molecule has 66 valence electrons. The molecule has 0 spiro atoms. The first kappa shape index (κ1) is 8.75. The van der Waals surface area contributed by atoms with Crippen LogP contribution in [-0.2, 0) is 7.05 Å². The molecule has 7 heteroatoms.